The summed E-state index contributed by atoms with van der Waals surface area (Å²) in [5.74, 6) is 1.05. The highest BCUT2D eigenvalue weighted by molar-refractivity contribution is 6.32. The lowest BCUT2D eigenvalue weighted by molar-refractivity contribution is -0.127. The molecule has 0 unspecified atom stereocenters. The van der Waals surface area contributed by atoms with Gasteiger partial charge in [0.15, 0.2) is 5.76 Å². The van der Waals surface area contributed by atoms with Crippen molar-refractivity contribution in [1.29, 1.82) is 0 Å². The van der Waals surface area contributed by atoms with Crippen LogP contribution in [-0.4, -0.2) is 27.8 Å². The highest BCUT2D eigenvalue weighted by atomic mass is 35.5. The molecule has 3 N–H and O–H groups in total. The van der Waals surface area contributed by atoms with Gasteiger partial charge in [0.05, 0.1) is 29.3 Å². The van der Waals surface area contributed by atoms with Gasteiger partial charge < -0.3 is 24.7 Å². The van der Waals surface area contributed by atoms with Crippen molar-refractivity contribution in [1.82, 2.24) is 15.5 Å². The molecule has 1 aliphatic rings. The minimum atomic E-state index is -0.574. The van der Waals surface area contributed by atoms with Crippen LogP contribution in [0, 0.1) is 12.3 Å². The van der Waals surface area contributed by atoms with Crippen LogP contribution in [0.3, 0.4) is 0 Å². The number of aliphatic hydroxyl groups is 1. The lowest BCUT2D eigenvalue weighted by Gasteiger charge is -2.11. The SMILES string of the molecule is Cc1cc(COc2cc3[nH]c(CNC(=O)C4(CO)CC4)cc3cc2Cl)on1. The maximum atomic E-state index is 12.1. The van der Waals surface area contributed by atoms with Gasteiger partial charge in [0.2, 0.25) is 5.91 Å². The molecule has 1 aromatic carbocycles. The molecule has 1 aliphatic carbocycles. The van der Waals surface area contributed by atoms with Crippen molar-refractivity contribution in [3.05, 3.63) is 46.4 Å². The van der Waals surface area contributed by atoms with Crippen LogP contribution in [0.1, 0.15) is 30.0 Å². The summed E-state index contributed by atoms with van der Waals surface area (Å²) in [7, 11) is 0. The van der Waals surface area contributed by atoms with Crippen molar-refractivity contribution in [2.24, 2.45) is 5.41 Å². The van der Waals surface area contributed by atoms with Crippen molar-refractivity contribution >= 4 is 28.4 Å². The average Bonchev–Trinajstić information content (AvgIpc) is 3.20. The summed E-state index contributed by atoms with van der Waals surface area (Å²) in [6, 6.07) is 7.38. The molecule has 0 radical (unpaired) electrons. The molecule has 0 bridgehead atoms. The molecular formula is C19H20ClN3O4. The van der Waals surface area contributed by atoms with Crippen LogP contribution in [0.2, 0.25) is 5.02 Å². The summed E-state index contributed by atoms with van der Waals surface area (Å²) in [5.41, 5.74) is 1.93. The van der Waals surface area contributed by atoms with Gasteiger partial charge in [-0.1, -0.05) is 16.8 Å². The third kappa shape index (κ3) is 3.65. The highest BCUT2D eigenvalue weighted by Crippen LogP contribution is 2.45. The number of H-pyrrole nitrogens is 1. The van der Waals surface area contributed by atoms with Crippen LogP contribution in [0.4, 0.5) is 0 Å². The third-order valence-corrected chi connectivity index (χ3v) is 5.15. The number of hydrogen-bond acceptors (Lipinski definition) is 5. The first-order chi connectivity index (χ1) is 13.0. The number of ether oxygens (including phenoxy) is 1. The Balaban J connectivity index is 1.45. The molecule has 2 aromatic heterocycles. The van der Waals surface area contributed by atoms with Gasteiger partial charge in [-0.15, -0.1) is 0 Å². The van der Waals surface area contributed by atoms with Crippen molar-refractivity contribution in [2.75, 3.05) is 6.61 Å². The fourth-order valence-electron chi connectivity index (χ4n) is 3.00. The molecule has 1 fully saturated rings. The van der Waals surface area contributed by atoms with Crippen molar-refractivity contribution in [3.8, 4) is 5.75 Å². The van der Waals surface area contributed by atoms with Crippen LogP contribution >= 0.6 is 11.6 Å². The van der Waals surface area contributed by atoms with Crippen molar-refractivity contribution in [2.45, 2.75) is 32.9 Å². The molecule has 142 valence electrons. The van der Waals surface area contributed by atoms with Gasteiger partial charge in [-0.25, -0.2) is 0 Å². The Kier molecular flexibility index (Phi) is 4.57. The number of halogens is 1. The number of carbonyl (C=O) groups excluding carboxylic acids is 1. The van der Waals surface area contributed by atoms with E-state index in [1.807, 2.05) is 25.1 Å². The topological polar surface area (TPSA) is 100 Å². The van der Waals surface area contributed by atoms with Crippen LogP contribution < -0.4 is 10.1 Å². The standard InChI is InChI=1S/C19H20ClN3O4/c1-11-4-14(27-23-11)9-26-17-7-16-12(6-15(17)20)5-13(22-16)8-21-18(25)19(10-24)2-3-19/h4-7,22,24H,2-3,8-10H2,1H3,(H,21,25). The minimum Gasteiger partial charge on any atom is -0.484 e. The number of aliphatic hydroxyl groups excluding tert-OH is 1. The molecule has 1 saturated carbocycles. The number of aryl methyl sites for hydroxylation is 1. The smallest absolute Gasteiger partial charge is 0.228 e. The molecule has 27 heavy (non-hydrogen) atoms. The Morgan fingerprint density at radius 2 is 2.22 bits per heavy atom. The molecule has 3 aromatic rings. The van der Waals surface area contributed by atoms with Gasteiger partial charge in [0, 0.05) is 28.7 Å². The zero-order chi connectivity index (χ0) is 19.0. The maximum Gasteiger partial charge on any atom is 0.228 e. The molecule has 2 heterocycles. The molecule has 1 amide bonds. The predicted molar refractivity (Wildman–Crippen MR) is 99.5 cm³/mol. The van der Waals surface area contributed by atoms with Gasteiger partial charge >= 0.3 is 0 Å². The zero-order valence-corrected chi connectivity index (χ0v) is 15.6. The maximum absolute atomic E-state index is 12.1. The van der Waals surface area contributed by atoms with Gasteiger partial charge in [-0.2, -0.15) is 0 Å². The summed E-state index contributed by atoms with van der Waals surface area (Å²) in [6.07, 6.45) is 1.48. The second kappa shape index (κ2) is 6.90. The Labute approximate surface area is 160 Å². The summed E-state index contributed by atoms with van der Waals surface area (Å²) in [4.78, 5) is 15.4. The van der Waals surface area contributed by atoms with Gasteiger partial charge in [-0.05, 0) is 31.9 Å². The number of fused-ring (bicyclic) bond motifs is 1. The second-order valence-electron chi connectivity index (χ2n) is 7.01. The first kappa shape index (κ1) is 17.9. The van der Waals surface area contributed by atoms with Gasteiger partial charge in [0.25, 0.3) is 0 Å². The molecule has 0 saturated heterocycles. The molecular weight excluding hydrogens is 370 g/mol. The summed E-state index contributed by atoms with van der Waals surface area (Å²) >= 11 is 6.32. The number of hydrogen-bond donors (Lipinski definition) is 3. The molecule has 8 heteroatoms. The van der Waals surface area contributed by atoms with E-state index in [1.54, 1.807) is 6.07 Å². The van der Waals surface area contributed by atoms with E-state index in [0.29, 0.717) is 23.1 Å². The van der Waals surface area contributed by atoms with E-state index in [9.17, 15) is 9.90 Å². The number of nitrogens with zero attached hydrogens (tertiary/aromatic N) is 1. The fraction of sp³-hybridized carbons (Fsp3) is 0.368. The number of benzene rings is 1. The number of aromatic amines is 1. The van der Waals surface area contributed by atoms with E-state index < -0.39 is 5.41 Å². The third-order valence-electron chi connectivity index (χ3n) is 4.85. The van der Waals surface area contributed by atoms with Crippen LogP contribution in [0.15, 0.2) is 28.8 Å². The monoisotopic (exact) mass is 389 g/mol. The number of rotatable bonds is 7. The van der Waals surface area contributed by atoms with Crippen LogP contribution in [-0.2, 0) is 17.9 Å². The number of nitrogens with one attached hydrogen (secondary N) is 2. The quantitative estimate of drug-likeness (QED) is 0.576. The molecule has 4 rings (SSSR count). The predicted octanol–water partition coefficient (Wildman–Crippen LogP) is 3.09. The molecule has 0 spiro atoms. The summed E-state index contributed by atoms with van der Waals surface area (Å²) in [6.45, 7) is 2.34. The van der Waals surface area contributed by atoms with Gasteiger partial charge in [-0.3, -0.25) is 4.79 Å². The lowest BCUT2D eigenvalue weighted by atomic mass is 10.1. The van der Waals surface area contributed by atoms with Gasteiger partial charge in [0.1, 0.15) is 12.4 Å². The minimum absolute atomic E-state index is 0.104. The molecule has 7 nitrogen and oxygen atoms in total. The Morgan fingerprint density at radius 1 is 1.41 bits per heavy atom. The summed E-state index contributed by atoms with van der Waals surface area (Å²) < 4.78 is 10.9. The fourth-order valence-corrected chi connectivity index (χ4v) is 3.23. The summed E-state index contributed by atoms with van der Waals surface area (Å²) in [5, 5.41) is 17.4. The van der Waals surface area contributed by atoms with E-state index in [0.717, 1.165) is 35.1 Å². The van der Waals surface area contributed by atoms with E-state index >= 15 is 0 Å². The number of aromatic nitrogens is 2. The van der Waals surface area contributed by atoms with Crippen LogP contribution in [0.5, 0.6) is 5.75 Å². The lowest BCUT2D eigenvalue weighted by Crippen LogP contribution is -2.33. The van der Waals surface area contributed by atoms with Crippen molar-refractivity contribution in [3.63, 3.8) is 0 Å². The van der Waals surface area contributed by atoms with Crippen LogP contribution in [0.25, 0.3) is 10.9 Å². The van der Waals surface area contributed by atoms with E-state index in [-0.39, 0.29) is 19.1 Å². The Bertz CT molecular complexity index is 990. The first-order valence-corrected chi connectivity index (χ1v) is 9.12. The first-order valence-electron chi connectivity index (χ1n) is 8.74. The van der Waals surface area contributed by atoms with E-state index in [4.69, 9.17) is 20.9 Å². The Hall–Kier alpha value is -2.51. The second-order valence-corrected chi connectivity index (χ2v) is 7.42. The van der Waals surface area contributed by atoms with Crippen molar-refractivity contribution < 1.29 is 19.2 Å². The Morgan fingerprint density at radius 3 is 2.89 bits per heavy atom. The number of carbonyl (C=O) groups is 1. The molecule has 0 aliphatic heterocycles. The normalized spacial score (nSPS) is 15.1. The highest BCUT2D eigenvalue weighted by Gasteiger charge is 2.49. The molecule has 0 atom stereocenters. The van der Waals surface area contributed by atoms with E-state index in [1.165, 1.54) is 0 Å². The number of amides is 1. The average molecular weight is 390 g/mol. The largest absolute Gasteiger partial charge is 0.484 e. The van der Waals surface area contributed by atoms with E-state index in [2.05, 4.69) is 15.5 Å². The zero-order valence-electron chi connectivity index (χ0n) is 14.8.